The molecular weight excluding hydrogens is 206 g/mol. The first-order valence-electron chi connectivity index (χ1n) is 5.87. The zero-order valence-electron chi connectivity index (χ0n) is 10.5. The zero-order valence-corrected chi connectivity index (χ0v) is 10.5. The van der Waals surface area contributed by atoms with Crippen LogP contribution in [0.5, 0.6) is 0 Å². The summed E-state index contributed by atoms with van der Waals surface area (Å²) in [5.74, 6) is -0.908. The second-order valence-corrected chi connectivity index (χ2v) is 6.01. The van der Waals surface area contributed by atoms with Gasteiger partial charge in [0.05, 0.1) is 6.10 Å². The molecule has 0 bridgehead atoms. The van der Waals surface area contributed by atoms with Crippen LogP contribution in [-0.4, -0.2) is 29.3 Å². The molecule has 2 atom stereocenters. The molecule has 0 aliphatic heterocycles. The molecule has 0 heterocycles. The average Bonchev–Trinajstić information content (AvgIpc) is 2.47. The van der Waals surface area contributed by atoms with Crippen molar-refractivity contribution in [3.63, 3.8) is 0 Å². The maximum atomic E-state index is 10.9. The van der Waals surface area contributed by atoms with E-state index >= 15 is 0 Å². The Morgan fingerprint density at radius 3 is 2.62 bits per heavy atom. The fraction of sp³-hybridized carbons (Fsp3) is 0.917. The van der Waals surface area contributed by atoms with Gasteiger partial charge in [-0.2, -0.15) is 0 Å². The number of carboxylic acid groups (broad SMARTS) is 1. The molecule has 3 N–H and O–H groups in total. The zero-order chi connectivity index (χ0) is 12.4. The molecule has 0 radical (unpaired) electrons. The lowest BCUT2D eigenvalue weighted by atomic mass is 9.93. The van der Waals surface area contributed by atoms with Gasteiger partial charge in [0.1, 0.15) is 5.54 Å². The molecule has 0 spiro atoms. The highest BCUT2D eigenvalue weighted by atomic mass is 16.5. The lowest BCUT2D eigenvalue weighted by molar-refractivity contribution is -0.143. The highest BCUT2D eigenvalue weighted by molar-refractivity contribution is 5.78. The van der Waals surface area contributed by atoms with Gasteiger partial charge in [-0.3, -0.25) is 4.79 Å². The fourth-order valence-electron chi connectivity index (χ4n) is 1.90. The molecule has 4 heteroatoms. The largest absolute Gasteiger partial charge is 0.480 e. The summed E-state index contributed by atoms with van der Waals surface area (Å²) in [6, 6.07) is 0. The minimum absolute atomic E-state index is 0.0171. The molecule has 0 amide bonds. The number of hydrogen-bond donors (Lipinski definition) is 2. The molecule has 1 fully saturated rings. The Hall–Kier alpha value is -0.610. The van der Waals surface area contributed by atoms with Gasteiger partial charge in [0, 0.05) is 13.0 Å². The van der Waals surface area contributed by atoms with Crippen molar-refractivity contribution in [2.45, 2.75) is 58.1 Å². The molecule has 0 aromatic carbocycles. The predicted octanol–water partition coefficient (Wildman–Crippen LogP) is 1.77. The number of hydrogen-bond acceptors (Lipinski definition) is 3. The Bertz CT molecular complexity index is 259. The van der Waals surface area contributed by atoms with E-state index in [-0.39, 0.29) is 11.5 Å². The average molecular weight is 229 g/mol. The standard InChI is InChI=1S/C12H23NO3/c1-11(2,3)6-7-16-9-4-5-12(13,8-9)10(14)15/h9H,4-8,13H2,1-3H3,(H,14,15). The van der Waals surface area contributed by atoms with Crippen LogP contribution in [0, 0.1) is 5.41 Å². The summed E-state index contributed by atoms with van der Waals surface area (Å²) in [5.41, 5.74) is 4.96. The Morgan fingerprint density at radius 1 is 1.56 bits per heavy atom. The molecule has 16 heavy (non-hydrogen) atoms. The molecule has 4 nitrogen and oxygen atoms in total. The van der Waals surface area contributed by atoms with Gasteiger partial charge in [0.15, 0.2) is 0 Å². The van der Waals surface area contributed by atoms with E-state index < -0.39 is 11.5 Å². The topological polar surface area (TPSA) is 72.5 Å². The Morgan fingerprint density at radius 2 is 2.19 bits per heavy atom. The minimum atomic E-state index is -1.06. The number of aliphatic carboxylic acids is 1. The van der Waals surface area contributed by atoms with E-state index in [4.69, 9.17) is 15.6 Å². The fourth-order valence-corrected chi connectivity index (χ4v) is 1.90. The van der Waals surface area contributed by atoms with Crippen LogP contribution in [0.1, 0.15) is 46.5 Å². The van der Waals surface area contributed by atoms with Gasteiger partial charge in [0.2, 0.25) is 0 Å². The van der Waals surface area contributed by atoms with Gasteiger partial charge < -0.3 is 15.6 Å². The van der Waals surface area contributed by atoms with Gasteiger partial charge >= 0.3 is 5.97 Å². The van der Waals surface area contributed by atoms with Crippen molar-refractivity contribution < 1.29 is 14.6 Å². The molecule has 1 aliphatic rings. The van der Waals surface area contributed by atoms with Gasteiger partial charge in [-0.05, 0) is 24.7 Å². The summed E-state index contributed by atoms with van der Waals surface area (Å²) in [4.78, 5) is 10.9. The van der Waals surface area contributed by atoms with Gasteiger partial charge in [0.25, 0.3) is 0 Å². The monoisotopic (exact) mass is 229 g/mol. The summed E-state index contributed by atoms with van der Waals surface area (Å²) < 4.78 is 5.68. The summed E-state index contributed by atoms with van der Waals surface area (Å²) in [6.45, 7) is 7.17. The molecule has 1 saturated carbocycles. The van der Waals surface area contributed by atoms with E-state index in [0.29, 0.717) is 19.4 Å². The third-order valence-electron chi connectivity index (χ3n) is 3.14. The van der Waals surface area contributed by atoms with Crippen LogP contribution < -0.4 is 5.73 Å². The van der Waals surface area contributed by atoms with Gasteiger partial charge in [-0.25, -0.2) is 0 Å². The van der Waals surface area contributed by atoms with E-state index in [2.05, 4.69) is 20.8 Å². The number of nitrogens with two attached hydrogens (primary N) is 1. The van der Waals surface area contributed by atoms with Gasteiger partial charge in [-0.1, -0.05) is 20.8 Å². The molecule has 2 unspecified atom stereocenters. The van der Waals surface area contributed by atoms with Crippen molar-refractivity contribution >= 4 is 5.97 Å². The van der Waals surface area contributed by atoms with E-state index in [9.17, 15) is 4.79 Å². The van der Waals surface area contributed by atoms with Gasteiger partial charge in [-0.15, -0.1) is 0 Å². The maximum absolute atomic E-state index is 10.9. The number of rotatable bonds is 4. The Labute approximate surface area is 97.2 Å². The van der Waals surface area contributed by atoms with Crippen LogP contribution in [0.4, 0.5) is 0 Å². The molecule has 0 aromatic heterocycles. The summed E-state index contributed by atoms with van der Waals surface area (Å²) in [5, 5.41) is 8.96. The van der Waals surface area contributed by atoms with Crippen molar-refractivity contribution in [1.82, 2.24) is 0 Å². The SMILES string of the molecule is CC(C)(C)CCOC1CCC(N)(C(=O)O)C1. The van der Waals surface area contributed by atoms with Crippen LogP contribution in [0.2, 0.25) is 0 Å². The molecule has 0 saturated heterocycles. The van der Waals surface area contributed by atoms with Crippen LogP contribution in [-0.2, 0) is 9.53 Å². The minimum Gasteiger partial charge on any atom is -0.480 e. The van der Waals surface area contributed by atoms with Crippen molar-refractivity contribution in [3.8, 4) is 0 Å². The molecule has 0 aromatic rings. The van der Waals surface area contributed by atoms with E-state index in [0.717, 1.165) is 12.8 Å². The first-order valence-corrected chi connectivity index (χ1v) is 5.87. The van der Waals surface area contributed by atoms with Crippen molar-refractivity contribution in [2.75, 3.05) is 6.61 Å². The van der Waals surface area contributed by atoms with E-state index in [1.165, 1.54) is 0 Å². The lowest BCUT2D eigenvalue weighted by Gasteiger charge is -2.21. The third-order valence-corrected chi connectivity index (χ3v) is 3.14. The van der Waals surface area contributed by atoms with E-state index in [1.807, 2.05) is 0 Å². The smallest absolute Gasteiger partial charge is 0.323 e. The number of carboxylic acids is 1. The summed E-state index contributed by atoms with van der Waals surface area (Å²) in [7, 11) is 0. The lowest BCUT2D eigenvalue weighted by Crippen LogP contribution is -2.45. The molecule has 94 valence electrons. The highest BCUT2D eigenvalue weighted by Gasteiger charge is 2.42. The summed E-state index contributed by atoms with van der Waals surface area (Å²) in [6.07, 6.45) is 2.71. The normalized spacial score (nSPS) is 30.6. The van der Waals surface area contributed by atoms with Crippen LogP contribution >= 0.6 is 0 Å². The molecule has 1 aliphatic carbocycles. The second-order valence-electron chi connectivity index (χ2n) is 6.01. The van der Waals surface area contributed by atoms with Crippen molar-refractivity contribution in [1.29, 1.82) is 0 Å². The molecular formula is C12H23NO3. The summed E-state index contributed by atoms with van der Waals surface area (Å²) >= 11 is 0. The second kappa shape index (κ2) is 4.72. The van der Waals surface area contributed by atoms with Crippen molar-refractivity contribution in [3.05, 3.63) is 0 Å². The Balaban J connectivity index is 2.30. The number of carbonyl (C=O) groups is 1. The Kier molecular flexibility index (Phi) is 3.97. The first kappa shape index (κ1) is 13.5. The highest BCUT2D eigenvalue weighted by Crippen LogP contribution is 2.30. The maximum Gasteiger partial charge on any atom is 0.323 e. The third kappa shape index (κ3) is 3.76. The first-order chi connectivity index (χ1) is 7.23. The number of ether oxygens (including phenoxy) is 1. The quantitative estimate of drug-likeness (QED) is 0.770. The van der Waals surface area contributed by atoms with E-state index in [1.54, 1.807) is 0 Å². The van der Waals surface area contributed by atoms with Crippen LogP contribution in [0.3, 0.4) is 0 Å². The van der Waals surface area contributed by atoms with Crippen molar-refractivity contribution in [2.24, 2.45) is 11.1 Å². The predicted molar refractivity (Wildman–Crippen MR) is 62.2 cm³/mol. The molecule has 1 rings (SSSR count). The van der Waals surface area contributed by atoms with Crippen LogP contribution in [0.25, 0.3) is 0 Å². The van der Waals surface area contributed by atoms with Crippen LogP contribution in [0.15, 0.2) is 0 Å².